The number of alkyl halides is 2. The van der Waals surface area contributed by atoms with Crippen LogP contribution in [-0.4, -0.2) is 23.4 Å². The van der Waals surface area contributed by atoms with Crippen LogP contribution in [0.25, 0.3) is 0 Å². The first kappa shape index (κ1) is 18.8. The molecule has 2 aromatic carbocycles. The van der Waals surface area contributed by atoms with Gasteiger partial charge in [-0.2, -0.15) is 8.78 Å². The summed E-state index contributed by atoms with van der Waals surface area (Å²) in [7, 11) is 0. The van der Waals surface area contributed by atoms with Crippen molar-refractivity contribution in [1.82, 2.24) is 10.2 Å². The van der Waals surface area contributed by atoms with Crippen molar-refractivity contribution in [2.45, 2.75) is 32.0 Å². The highest BCUT2D eigenvalue weighted by Gasteiger charge is 2.51. The Morgan fingerprint density at radius 3 is 2.41 bits per heavy atom. The highest BCUT2D eigenvalue weighted by Crippen LogP contribution is 2.34. The van der Waals surface area contributed by atoms with Crippen molar-refractivity contribution in [2.24, 2.45) is 0 Å². The number of imide groups is 1. The molecule has 3 amide bonds. The molecule has 2 aromatic rings. The lowest BCUT2D eigenvalue weighted by Crippen LogP contribution is -2.43. The molecule has 1 fully saturated rings. The summed E-state index contributed by atoms with van der Waals surface area (Å²) in [5.74, 6) is -1.10. The molecule has 27 heavy (non-hydrogen) atoms. The van der Waals surface area contributed by atoms with Crippen LogP contribution in [0, 0.1) is 5.82 Å². The van der Waals surface area contributed by atoms with Crippen LogP contribution in [0.2, 0.25) is 0 Å². The van der Waals surface area contributed by atoms with Crippen molar-refractivity contribution < 1.29 is 27.5 Å². The quantitative estimate of drug-likeness (QED) is 0.779. The second-order valence-electron chi connectivity index (χ2n) is 6.07. The Hall–Kier alpha value is -3.03. The van der Waals surface area contributed by atoms with Gasteiger partial charge < -0.3 is 10.1 Å². The monoisotopic (exact) mass is 378 g/mol. The number of hydrogen-bond donors (Lipinski definition) is 1. The molecule has 1 aliphatic rings. The fourth-order valence-electron chi connectivity index (χ4n) is 3.16. The molecule has 0 aliphatic carbocycles. The molecule has 1 aliphatic heterocycles. The van der Waals surface area contributed by atoms with Gasteiger partial charge in [0.15, 0.2) is 0 Å². The van der Waals surface area contributed by atoms with E-state index in [9.17, 15) is 22.8 Å². The molecule has 1 heterocycles. The molecule has 1 N–H and O–H groups in total. The Kier molecular flexibility index (Phi) is 5.07. The van der Waals surface area contributed by atoms with Crippen LogP contribution in [0.1, 0.15) is 24.5 Å². The summed E-state index contributed by atoms with van der Waals surface area (Å²) in [5, 5.41) is 2.66. The minimum Gasteiger partial charge on any atom is -0.434 e. The number of urea groups is 1. The van der Waals surface area contributed by atoms with Crippen molar-refractivity contribution in [1.29, 1.82) is 0 Å². The van der Waals surface area contributed by atoms with Crippen LogP contribution >= 0.6 is 0 Å². The van der Waals surface area contributed by atoms with Crippen molar-refractivity contribution >= 4 is 11.9 Å². The summed E-state index contributed by atoms with van der Waals surface area (Å²) in [4.78, 5) is 26.5. The zero-order chi connectivity index (χ0) is 19.6. The first-order chi connectivity index (χ1) is 12.9. The van der Waals surface area contributed by atoms with E-state index < -0.39 is 29.9 Å². The molecule has 8 heteroatoms. The molecule has 0 aromatic heterocycles. The predicted molar refractivity (Wildman–Crippen MR) is 90.5 cm³/mol. The van der Waals surface area contributed by atoms with Gasteiger partial charge in [0, 0.05) is 5.56 Å². The zero-order valence-corrected chi connectivity index (χ0v) is 14.4. The third-order valence-electron chi connectivity index (χ3n) is 4.56. The normalized spacial score (nSPS) is 19.5. The largest absolute Gasteiger partial charge is 0.434 e. The van der Waals surface area contributed by atoms with Gasteiger partial charge in [-0.05, 0) is 30.2 Å². The number of nitrogens with zero attached hydrogens (tertiary/aromatic N) is 1. The maximum atomic E-state index is 13.2. The van der Waals surface area contributed by atoms with Gasteiger partial charge in [-0.1, -0.05) is 37.3 Å². The maximum Gasteiger partial charge on any atom is 0.387 e. The van der Waals surface area contributed by atoms with Gasteiger partial charge in [0.2, 0.25) is 0 Å². The predicted octanol–water partition coefficient (Wildman–Crippen LogP) is 3.78. The summed E-state index contributed by atoms with van der Waals surface area (Å²) in [6, 6.07) is 10.6. The molecule has 1 saturated heterocycles. The number of rotatable bonds is 6. The van der Waals surface area contributed by atoms with E-state index in [1.807, 2.05) is 0 Å². The number of carbonyl (C=O) groups excluding carboxylic acids is 2. The summed E-state index contributed by atoms with van der Waals surface area (Å²) in [6.45, 7) is -1.53. The molecular weight excluding hydrogens is 361 g/mol. The summed E-state index contributed by atoms with van der Waals surface area (Å²) < 4.78 is 42.9. The molecule has 0 radical (unpaired) electrons. The van der Waals surface area contributed by atoms with E-state index in [1.165, 1.54) is 42.5 Å². The molecule has 0 bridgehead atoms. The standard InChI is InChI=1S/C19H17F3N2O3/c1-2-19(13-7-9-14(20)10-8-13)16(25)24(18(26)23-19)11-12-5-3-4-6-15(12)27-17(21)22/h3-10,17H,2,11H2,1H3,(H,23,26)/t19-/m0/s1. The molecule has 5 nitrogen and oxygen atoms in total. The summed E-state index contributed by atoms with van der Waals surface area (Å²) >= 11 is 0. The summed E-state index contributed by atoms with van der Waals surface area (Å²) in [6.07, 6.45) is 0.245. The van der Waals surface area contributed by atoms with Crippen LogP contribution in [0.5, 0.6) is 5.75 Å². The van der Waals surface area contributed by atoms with Crippen molar-refractivity contribution in [3.63, 3.8) is 0 Å². The van der Waals surface area contributed by atoms with Gasteiger partial charge in [0.05, 0.1) is 6.54 Å². The van der Waals surface area contributed by atoms with Crippen molar-refractivity contribution in [3.8, 4) is 5.75 Å². The Labute approximate surface area is 153 Å². The number of carbonyl (C=O) groups is 2. The van der Waals surface area contributed by atoms with E-state index in [-0.39, 0.29) is 24.3 Å². The lowest BCUT2D eigenvalue weighted by Gasteiger charge is -2.26. The van der Waals surface area contributed by atoms with E-state index in [0.29, 0.717) is 5.56 Å². The number of para-hydroxylation sites is 1. The van der Waals surface area contributed by atoms with Crippen LogP contribution in [0.4, 0.5) is 18.0 Å². The zero-order valence-electron chi connectivity index (χ0n) is 14.4. The average molecular weight is 378 g/mol. The molecule has 0 saturated carbocycles. The SMILES string of the molecule is CC[C@@]1(c2ccc(F)cc2)NC(=O)N(Cc2ccccc2OC(F)F)C1=O. The van der Waals surface area contributed by atoms with E-state index in [0.717, 1.165) is 4.90 Å². The van der Waals surface area contributed by atoms with Gasteiger partial charge >= 0.3 is 12.6 Å². The average Bonchev–Trinajstić information content (AvgIpc) is 2.88. The highest BCUT2D eigenvalue weighted by molar-refractivity contribution is 6.07. The minimum absolute atomic E-state index is 0.108. The van der Waals surface area contributed by atoms with Gasteiger partial charge in [-0.3, -0.25) is 9.69 Å². The highest BCUT2D eigenvalue weighted by atomic mass is 19.3. The lowest BCUT2D eigenvalue weighted by molar-refractivity contribution is -0.132. The van der Waals surface area contributed by atoms with Gasteiger partial charge in [-0.25, -0.2) is 9.18 Å². The third-order valence-corrected chi connectivity index (χ3v) is 4.56. The van der Waals surface area contributed by atoms with Gasteiger partial charge in [0.25, 0.3) is 5.91 Å². The smallest absolute Gasteiger partial charge is 0.387 e. The van der Waals surface area contributed by atoms with E-state index >= 15 is 0 Å². The van der Waals surface area contributed by atoms with Crippen LogP contribution in [0.3, 0.4) is 0 Å². The number of hydrogen-bond acceptors (Lipinski definition) is 3. The van der Waals surface area contributed by atoms with E-state index in [1.54, 1.807) is 13.0 Å². The minimum atomic E-state index is -3.02. The fourth-order valence-corrected chi connectivity index (χ4v) is 3.16. The van der Waals surface area contributed by atoms with E-state index in [2.05, 4.69) is 10.1 Å². The Morgan fingerprint density at radius 1 is 1.11 bits per heavy atom. The first-order valence-electron chi connectivity index (χ1n) is 8.30. The second kappa shape index (κ2) is 7.30. The lowest BCUT2D eigenvalue weighted by atomic mass is 9.87. The molecule has 1 atom stereocenters. The number of benzene rings is 2. The number of amides is 3. The molecule has 0 unspecified atom stereocenters. The van der Waals surface area contributed by atoms with Gasteiger partial charge in [0.1, 0.15) is 17.1 Å². The Balaban J connectivity index is 1.92. The fraction of sp³-hybridized carbons (Fsp3) is 0.263. The number of halogens is 3. The van der Waals surface area contributed by atoms with Crippen molar-refractivity contribution in [3.05, 3.63) is 65.5 Å². The first-order valence-corrected chi connectivity index (χ1v) is 8.30. The van der Waals surface area contributed by atoms with Crippen LogP contribution < -0.4 is 10.1 Å². The molecule has 3 rings (SSSR count). The Morgan fingerprint density at radius 2 is 1.78 bits per heavy atom. The summed E-state index contributed by atoms with van der Waals surface area (Å²) in [5.41, 5.74) is -0.611. The second-order valence-corrected chi connectivity index (χ2v) is 6.07. The molecule has 0 spiro atoms. The van der Waals surface area contributed by atoms with Crippen molar-refractivity contribution in [2.75, 3.05) is 0 Å². The van der Waals surface area contributed by atoms with Gasteiger partial charge in [-0.15, -0.1) is 0 Å². The molecule has 142 valence electrons. The van der Waals surface area contributed by atoms with Crippen LogP contribution in [0.15, 0.2) is 48.5 Å². The number of ether oxygens (including phenoxy) is 1. The maximum absolute atomic E-state index is 13.2. The number of nitrogens with one attached hydrogen (secondary N) is 1. The van der Waals surface area contributed by atoms with Crippen LogP contribution in [-0.2, 0) is 16.9 Å². The third kappa shape index (κ3) is 3.47. The Bertz CT molecular complexity index is 858. The molecular formula is C19H17F3N2O3. The topological polar surface area (TPSA) is 58.6 Å². The van der Waals surface area contributed by atoms with E-state index in [4.69, 9.17) is 0 Å².